The summed E-state index contributed by atoms with van der Waals surface area (Å²) in [5.74, 6) is 0. The Bertz CT molecular complexity index is 253. The maximum atomic E-state index is 4.88. The van der Waals surface area contributed by atoms with Crippen LogP contribution in [-0.4, -0.2) is 13.1 Å². The van der Waals surface area contributed by atoms with Crippen molar-refractivity contribution in [1.29, 1.82) is 0 Å². The molecule has 0 spiro atoms. The average molecular weight is 442 g/mol. The van der Waals surface area contributed by atoms with Crippen LogP contribution in [0, 0.1) is 6.42 Å². The topological polar surface area (TPSA) is 36.7 Å². The van der Waals surface area contributed by atoms with Gasteiger partial charge in [-0.15, -0.1) is 0 Å². The van der Waals surface area contributed by atoms with Gasteiger partial charge in [-0.3, -0.25) is 0 Å². The first-order chi connectivity index (χ1) is 7.38. The minimum absolute atomic E-state index is 0. The van der Waals surface area contributed by atoms with Crippen LogP contribution >= 0.6 is 18.8 Å². The predicted octanol–water partition coefficient (Wildman–Crippen LogP) is 4.58. The van der Waals surface area contributed by atoms with Gasteiger partial charge in [-0.05, 0) is 25.2 Å². The summed E-state index contributed by atoms with van der Waals surface area (Å²) in [5, 5.41) is 0. The van der Waals surface area contributed by atoms with E-state index in [4.69, 9.17) is 18.8 Å². The van der Waals surface area contributed by atoms with E-state index < -0.39 is 16.5 Å². The van der Waals surface area contributed by atoms with Crippen molar-refractivity contribution in [2.24, 2.45) is 0 Å². The SMILES string of the molecule is [Cl][Pt+2][Cl].[NH2-].c1ccc(N2CC[CH-]CC2)cc1. The molecule has 16 heavy (non-hydrogen) atoms. The number of hydrogen-bond donors (Lipinski definition) is 0. The van der Waals surface area contributed by atoms with E-state index in [1.54, 1.807) is 0 Å². The van der Waals surface area contributed by atoms with Gasteiger partial charge in [0, 0.05) is 5.69 Å². The zero-order valence-electron chi connectivity index (χ0n) is 8.89. The van der Waals surface area contributed by atoms with E-state index in [1.165, 1.54) is 31.6 Å². The van der Waals surface area contributed by atoms with Gasteiger partial charge >= 0.3 is 35.3 Å². The van der Waals surface area contributed by atoms with Gasteiger partial charge in [-0.25, -0.2) is 0 Å². The van der Waals surface area contributed by atoms with E-state index >= 15 is 0 Å². The fraction of sp³-hybridized carbons (Fsp3) is 0.364. The number of para-hydroxylation sites is 1. The summed E-state index contributed by atoms with van der Waals surface area (Å²) in [5.41, 5.74) is 1.37. The largest absolute Gasteiger partial charge is 0.693 e. The zero-order chi connectivity index (χ0) is 10.9. The number of halogens is 2. The first-order valence-corrected chi connectivity index (χ1v) is 10.5. The summed E-state index contributed by atoms with van der Waals surface area (Å²) in [6.45, 7) is 2.37. The molecule has 2 N–H and O–H groups in total. The summed E-state index contributed by atoms with van der Waals surface area (Å²) < 4.78 is 0. The summed E-state index contributed by atoms with van der Waals surface area (Å²) in [7, 11) is 9.75. The van der Waals surface area contributed by atoms with Crippen molar-refractivity contribution < 1.29 is 16.5 Å². The minimum Gasteiger partial charge on any atom is -0.693 e. The second-order valence-electron chi connectivity index (χ2n) is 3.23. The number of benzene rings is 1. The van der Waals surface area contributed by atoms with Crippen molar-refractivity contribution in [1.82, 2.24) is 0 Å². The molecular weight excluding hydrogens is 426 g/mol. The van der Waals surface area contributed by atoms with Crippen molar-refractivity contribution in [3.63, 3.8) is 0 Å². The quantitative estimate of drug-likeness (QED) is 0.587. The first-order valence-electron chi connectivity index (χ1n) is 4.82. The molecular formula is C11H16Cl2N2Pt. The molecule has 1 fully saturated rings. The first kappa shape index (κ1) is 16.2. The second kappa shape index (κ2) is 10.4. The van der Waals surface area contributed by atoms with Crippen molar-refractivity contribution >= 4 is 24.5 Å². The third-order valence-electron chi connectivity index (χ3n) is 2.33. The molecule has 1 heterocycles. The van der Waals surface area contributed by atoms with E-state index in [-0.39, 0.29) is 6.15 Å². The summed E-state index contributed by atoms with van der Waals surface area (Å²) in [6.07, 6.45) is 4.84. The smallest absolute Gasteiger partial charge is 0.0364 e. The van der Waals surface area contributed by atoms with Gasteiger partial charge in [-0.2, -0.15) is 12.8 Å². The van der Waals surface area contributed by atoms with Gasteiger partial charge in [0.25, 0.3) is 0 Å². The Morgan fingerprint density at radius 3 is 2.06 bits per heavy atom. The standard InChI is InChI=1S/C11H14N.2ClH.H2N.Pt/c1-3-7-11(8-4-1)12-9-5-2-6-10-12;;;;/h1-4,7-8H,5-6,9-10H2;2*1H;1H2;/q-1;;;-1;+4/p-2. The molecule has 0 saturated carbocycles. The van der Waals surface area contributed by atoms with E-state index in [0.29, 0.717) is 0 Å². The Morgan fingerprint density at radius 1 is 1.06 bits per heavy atom. The van der Waals surface area contributed by atoms with Crippen LogP contribution in [0.2, 0.25) is 0 Å². The molecule has 0 amide bonds. The Hall–Kier alpha value is 0.248. The molecule has 2 nitrogen and oxygen atoms in total. The van der Waals surface area contributed by atoms with Crippen LogP contribution in [0.1, 0.15) is 12.8 Å². The van der Waals surface area contributed by atoms with Crippen LogP contribution < -0.4 is 4.90 Å². The van der Waals surface area contributed by atoms with Crippen LogP contribution in [-0.2, 0) is 16.5 Å². The molecule has 1 aromatic carbocycles. The van der Waals surface area contributed by atoms with Gasteiger partial charge in [0.15, 0.2) is 0 Å². The van der Waals surface area contributed by atoms with Crippen LogP contribution in [0.4, 0.5) is 5.69 Å². The number of nitrogens with zero attached hydrogens (tertiary/aromatic N) is 1. The Balaban J connectivity index is 0.000000511. The molecule has 2 rings (SSSR count). The molecule has 0 aliphatic carbocycles. The van der Waals surface area contributed by atoms with Gasteiger partial charge in [0.1, 0.15) is 0 Å². The van der Waals surface area contributed by atoms with Crippen molar-refractivity contribution in [2.75, 3.05) is 18.0 Å². The molecule has 0 unspecified atom stereocenters. The van der Waals surface area contributed by atoms with Crippen LogP contribution in [0.5, 0.6) is 0 Å². The second-order valence-corrected chi connectivity index (χ2v) is 6.52. The molecule has 0 atom stereocenters. The fourth-order valence-corrected chi connectivity index (χ4v) is 1.65. The van der Waals surface area contributed by atoms with Crippen molar-refractivity contribution in [3.8, 4) is 0 Å². The molecule has 94 valence electrons. The summed E-state index contributed by atoms with van der Waals surface area (Å²) in [4.78, 5) is 2.44. The van der Waals surface area contributed by atoms with E-state index in [9.17, 15) is 0 Å². The normalized spacial score (nSPS) is 14.8. The van der Waals surface area contributed by atoms with E-state index in [0.717, 1.165) is 0 Å². The molecule has 1 saturated heterocycles. The molecule has 5 heteroatoms. The molecule has 1 aliphatic rings. The molecule has 0 aromatic heterocycles. The molecule has 1 aromatic rings. The predicted molar refractivity (Wildman–Crippen MR) is 69.2 cm³/mol. The maximum Gasteiger partial charge on any atom is 0.0364 e. The minimum atomic E-state index is -0.472. The van der Waals surface area contributed by atoms with Crippen LogP contribution in [0.15, 0.2) is 30.3 Å². The van der Waals surface area contributed by atoms with Gasteiger partial charge < -0.3 is 17.5 Å². The average Bonchev–Trinajstić information content (AvgIpc) is 2.32. The fourth-order valence-electron chi connectivity index (χ4n) is 1.65. The maximum absolute atomic E-state index is 4.88. The molecule has 0 bridgehead atoms. The van der Waals surface area contributed by atoms with Gasteiger partial charge in [-0.1, -0.05) is 18.2 Å². The van der Waals surface area contributed by atoms with Crippen molar-refractivity contribution in [2.45, 2.75) is 12.8 Å². The van der Waals surface area contributed by atoms with Crippen molar-refractivity contribution in [3.05, 3.63) is 42.9 Å². The Kier molecular flexibility index (Phi) is 10.6. The summed E-state index contributed by atoms with van der Waals surface area (Å²) in [6, 6.07) is 10.7. The number of anilines is 1. The third-order valence-corrected chi connectivity index (χ3v) is 2.33. The van der Waals surface area contributed by atoms with E-state index in [2.05, 4.69) is 41.7 Å². The third kappa shape index (κ3) is 6.10. The summed E-state index contributed by atoms with van der Waals surface area (Å²) >= 11 is -0.472. The number of piperidine rings is 1. The number of rotatable bonds is 1. The molecule has 0 radical (unpaired) electrons. The van der Waals surface area contributed by atoms with Crippen LogP contribution in [0.3, 0.4) is 0 Å². The number of nitrogens with two attached hydrogens (primary N) is 1. The Labute approximate surface area is 114 Å². The number of hydrogen-bond acceptors (Lipinski definition) is 1. The Morgan fingerprint density at radius 2 is 1.56 bits per heavy atom. The van der Waals surface area contributed by atoms with Gasteiger partial charge in [0.05, 0.1) is 0 Å². The molecule has 1 aliphatic heterocycles. The zero-order valence-corrected chi connectivity index (χ0v) is 12.7. The monoisotopic (exact) mass is 441 g/mol. The van der Waals surface area contributed by atoms with Gasteiger partial charge in [0.2, 0.25) is 0 Å². The van der Waals surface area contributed by atoms with Crippen LogP contribution in [0.25, 0.3) is 6.15 Å². The van der Waals surface area contributed by atoms with E-state index in [1.807, 2.05) is 0 Å².